The van der Waals surface area contributed by atoms with E-state index in [9.17, 15) is 18.7 Å². The molecule has 0 saturated carbocycles. The minimum absolute atomic E-state index is 0.0269. The molecule has 128 valence electrons. The molecule has 2 aromatic rings. The SMILES string of the molecule is CCC[C@@](F)(C(=O)NCc1ccc(F)cc1F)c1cccnc1O. The van der Waals surface area contributed by atoms with Crippen molar-refractivity contribution >= 4 is 5.91 Å². The van der Waals surface area contributed by atoms with E-state index in [-0.39, 0.29) is 24.1 Å². The summed E-state index contributed by atoms with van der Waals surface area (Å²) in [6.07, 6.45) is 1.43. The van der Waals surface area contributed by atoms with Crippen molar-refractivity contribution in [2.75, 3.05) is 0 Å². The number of hydrogen-bond acceptors (Lipinski definition) is 3. The average molecular weight is 338 g/mol. The zero-order chi connectivity index (χ0) is 17.7. The number of amides is 1. The van der Waals surface area contributed by atoms with Gasteiger partial charge in [-0.25, -0.2) is 18.2 Å². The van der Waals surface area contributed by atoms with Gasteiger partial charge in [-0.2, -0.15) is 0 Å². The number of hydrogen-bond donors (Lipinski definition) is 2. The molecule has 0 aliphatic carbocycles. The van der Waals surface area contributed by atoms with E-state index in [0.29, 0.717) is 12.5 Å². The Labute approximate surface area is 137 Å². The summed E-state index contributed by atoms with van der Waals surface area (Å²) in [5, 5.41) is 12.0. The second-order valence-electron chi connectivity index (χ2n) is 5.34. The zero-order valence-electron chi connectivity index (χ0n) is 13.0. The molecule has 1 aromatic heterocycles. The number of rotatable bonds is 6. The molecule has 0 spiro atoms. The second-order valence-corrected chi connectivity index (χ2v) is 5.34. The predicted molar refractivity (Wildman–Crippen MR) is 81.8 cm³/mol. The molecule has 0 fully saturated rings. The Bertz CT molecular complexity index is 740. The standard InChI is InChI=1S/C17H17F3N2O2/c1-2-7-17(20,13-4-3-8-21-15(13)23)16(24)22-10-11-5-6-12(18)9-14(11)19/h3-6,8-9H,2,7,10H2,1H3,(H,21,23)(H,22,24)/t17-/m0/s1. The molecule has 2 rings (SSSR count). The van der Waals surface area contributed by atoms with Gasteiger partial charge in [0.2, 0.25) is 11.5 Å². The van der Waals surface area contributed by atoms with Crippen molar-refractivity contribution in [3.05, 3.63) is 59.3 Å². The highest BCUT2D eigenvalue weighted by molar-refractivity contribution is 5.87. The number of aromatic nitrogens is 1. The third-order valence-corrected chi connectivity index (χ3v) is 3.62. The Morgan fingerprint density at radius 1 is 1.33 bits per heavy atom. The first kappa shape index (κ1) is 17.8. The lowest BCUT2D eigenvalue weighted by Crippen LogP contribution is -2.41. The maximum absolute atomic E-state index is 15.3. The molecule has 0 unspecified atom stereocenters. The first-order valence-electron chi connectivity index (χ1n) is 7.44. The van der Waals surface area contributed by atoms with Crippen molar-refractivity contribution in [2.24, 2.45) is 0 Å². The molecule has 7 heteroatoms. The lowest BCUT2D eigenvalue weighted by Gasteiger charge is -2.24. The van der Waals surface area contributed by atoms with Crippen LogP contribution in [0.1, 0.15) is 30.9 Å². The van der Waals surface area contributed by atoms with E-state index in [1.165, 1.54) is 24.4 Å². The number of aromatic hydroxyl groups is 1. The first-order chi connectivity index (χ1) is 11.4. The first-order valence-corrected chi connectivity index (χ1v) is 7.44. The normalized spacial score (nSPS) is 13.3. The molecular formula is C17H17F3N2O2. The third kappa shape index (κ3) is 3.67. The molecule has 1 amide bonds. The highest BCUT2D eigenvalue weighted by Gasteiger charge is 2.42. The number of carbonyl (C=O) groups excluding carboxylic acids is 1. The number of halogens is 3. The van der Waals surface area contributed by atoms with Crippen molar-refractivity contribution in [1.82, 2.24) is 10.3 Å². The fourth-order valence-electron chi connectivity index (χ4n) is 2.40. The largest absolute Gasteiger partial charge is 0.493 e. The van der Waals surface area contributed by atoms with Crippen LogP contribution in [-0.2, 0) is 17.0 Å². The summed E-state index contributed by atoms with van der Waals surface area (Å²) in [7, 11) is 0. The van der Waals surface area contributed by atoms with Gasteiger partial charge in [0.15, 0.2) is 0 Å². The lowest BCUT2D eigenvalue weighted by molar-refractivity contribution is -0.134. The second kappa shape index (κ2) is 7.33. The Balaban J connectivity index is 2.22. The third-order valence-electron chi connectivity index (χ3n) is 3.62. The molecule has 2 N–H and O–H groups in total. The molecule has 0 aliphatic heterocycles. The van der Waals surface area contributed by atoms with E-state index in [4.69, 9.17) is 0 Å². The van der Waals surface area contributed by atoms with Crippen LogP contribution < -0.4 is 5.32 Å². The molecule has 0 aliphatic rings. The van der Waals surface area contributed by atoms with Gasteiger partial charge in [0.05, 0.1) is 5.56 Å². The Morgan fingerprint density at radius 3 is 2.71 bits per heavy atom. The van der Waals surface area contributed by atoms with Crippen LogP contribution in [-0.4, -0.2) is 16.0 Å². The number of carbonyl (C=O) groups is 1. The topological polar surface area (TPSA) is 62.2 Å². The van der Waals surface area contributed by atoms with Crippen LogP contribution in [0.25, 0.3) is 0 Å². The summed E-state index contributed by atoms with van der Waals surface area (Å²) in [5.74, 6) is -3.17. The molecule has 1 atom stereocenters. The van der Waals surface area contributed by atoms with Gasteiger partial charge >= 0.3 is 0 Å². The molecule has 1 heterocycles. The van der Waals surface area contributed by atoms with E-state index >= 15 is 4.39 Å². The van der Waals surface area contributed by atoms with Gasteiger partial charge in [-0.05, 0) is 24.6 Å². The highest BCUT2D eigenvalue weighted by Crippen LogP contribution is 2.36. The summed E-state index contributed by atoms with van der Waals surface area (Å²) in [6.45, 7) is 1.38. The lowest BCUT2D eigenvalue weighted by atomic mass is 9.90. The van der Waals surface area contributed by atoms with E-state index in [1.807, 2.05) is 0 Å². The fraction of sp³-hybridized carbons (Fsp3) is 0.294. The minimum atomic E-state index is -2.50. The van der Waals surface area contributed by atoms with E-state index in [1.54, 1.807) is 6.92 Å². The van der Waals surface area contributed by atoms with Gasteiger partial charge in [-0.15, -0.1) is 0 Å². The van der Waals surface area contributed by atoms with Gasteiger partial charge < -0.3 is 10.4 Å². The number of pyridine rings is 1. The summed E-state index contributed by atoms with van der Waals surface area (Å²) in [5.41, 5.74) is -2.72. The zero-order valence-corrected chi connectivity index (χ0v) is 13.0. The predicted octanol–water partition coefficient (Wildman–Crippen LogP) is 3.35. The van der Waals surface area contributed by atoms with Crippen LogP contribution in [0.15, 0.2) is 36.5 Å². The van der Waals surface area contributed by atoms with Crippen molar-refractivity contribution in [2.45, 2.75) is 32.0 Å². The highest BCUT2D eigenvalue weighted by atomic mass is 19.1. The number of nitrogens with one attached hydrogen (secondary N) is 1. The van der Waals surface area contributed by atoms with Crippen LogP contribution in [0.2, 0.25) is 0 Å². The van der Waals surface area contributed by atoms with Crippen LogP contribution in [0, 0.1) is 11.6 Å². The van der Waals surface area contributed by atoms with Gasteiger partial charge in [0.1, 0.15) is 11.6 Å². The van der Waals surface area contributed by atoms with Gasteiger partial charge in [0.25, 0.3) is 5.91 Å². The molecule has 24 heavy (non-hydrogen) atoms. The Morgan fingerprint density at radius 2 is 2.08 bits per heavy atom. The fourth-order valence-corrected chi connectivity index (χ4v) is 2.40. The molecule has 0 bridgehead atoms. The Hall–Kier alpha value is -2.57. The quantitative estimate of drug-likeness (QED) is 0.849. The van der Waals surface area contributed by atoms with Crippen molar-refractivity contribution < 1.29 is 23.1 Å². The van der Waals surface area contributed by atoms with Gasteiger partial charge in [-0.1, -0.05) is 19.4 Å². The summed E-state index contributed by atoms with van der Waals surface area (Å²) >= 11 is 0. The minimum Gasteiger partial charge on any atom is -0.493 e. The Kier molecular flexibility index (Phi) is 5.43. The van der Waals surface area contributed by atoms with Crippen molar-refractivity contribution in [3.63, 3.8) is 0 Å². The molecule has 1 aromatic carbocycles. The van der Waals surface area contributed by atoms with Crippen LogP contribution >= 0.6 is 0 Å². The van der Waals surface area contributed by atoms with Crippen LogP contribution in [0.4, 0.5) is 13.2 Å². The summed E-state index contributed by atoms with van der Waals surface area (Å²) in [4.78, 5) is 15.9. The van der Waals surface area contributed by atoms with E-state index in [2.05, 4.69) is 10.3 Å². The molecule has 0 saturated heterocycles. The van der Waals surface area contributed by atoms with Gasteiger partial charge in [0, 0.05) is 24.4 Å². The molecule has 4 nitrogen and oxygen atoms in total. The average Bonchev–Trinajstić information content (AvgIpc) is 2.54. The van der Waals surface area contributed by atoms with E-state index in [0.717, 1.165) is 6.07 Å². The van der Waals surface area contributed by atoms with Crippen LogP contribution in [0.3, 0.4) is 0 Å². The van der Waals surface area contributed by atoms with Crippen molar-refractivity contribution in [3.8, 4) is 5.88 Å². The smallest absolute Gasteiger partial charge is 0.262 e. The maximum Gasteiger partial charge on any atom is 0.262 e. The number of nitrogens with zero attached hydrogens (tertiary/aromatic N) is 1. The van der Waals surface area contributed by atoms with Crippen LogP contribution in [0.5, 0.6) is 5.88 Å². The van der Waals surface area contributed by atoms with E-state index < -0.39 is 29.1 Å². The summed E-state index contributed by atoms with van der Waals surface area (Å²) in [6, 6.07) is 5.59. The number of alkyl halides is 1. The molecular weight excluding hydrogens is 321 g/mol. The monoisotopic (exact) mass is 338 g/mol. The summed E-state index contributed by atoms with van der Waals surface area (Å²) < 4.78 is 41.8. The van der Waals surface area contributed by atoms with Gasteiger partial charge in [-0.3, -0.25) is 4.79 Å². The molecule has 0 radical (unpaired) electrons. The van der Waals surface area contributed by atoms with Crippen molar-refractivity contribution in [1.29, 1.82) is 0 Å². The number of benzene rings is 1. The maximum atomic E-state index is 15.3.